The number of halogens is 1. The molecule has 17 heavy (non-hydrogen) atoms. The van der Waals surface area contributed by atoms with E-state index in [1.54, 1.807) is 7.11 Å². The topological polar surface area (TPSA) is 12.5 Å². The molecule has 0 saturated heterocycles. The molecule has 0 bridgehead atoms. The third-order valence-corrected chi connectivity index (χ3v) is 3.58. The van der Waals surface area contributed by atoms with Crippen molar-refractivity contribution >= 4 is 11.6 Å². The number of benzene rings is 1. The zero-order valence-electron chi connectivity index (χ0n) is 11.4. The lowest BCUT2D eigenvalue weighted by molar-refractivity contribution is 0.276. The summed E-state index contributed by atoms with van der Waals surface area (Å²) < 4.78 is 5.40. The van der Waals surface area contributed by atoms with Crippen LogP contribution >= 0.6 is 11.6 Å². The zero-order chi connectivity index (χ0) is 13.0. The van der Waals surface area contributed by atoms with Gasteiger partial charge < -0.3 is 9.64 Å². The van der Waals surface area contributed by atoms with Crippen LogP contribution in [0.1, 0.15) is 25.0 Å². The molecular formula is C14H22ClNO. The molecule has 0 radical (unpaired) electrons. The van der Waals surface area contributed by atoms with Gasteiger partial charge in [-0.3, -0.25) is 0 Å². The first-order valence-electron chi connectivity index (χ1n) is 5.99. The van der Waals surface area contributed by atoms with E-state index in [1.807, 2.05) is 19.1 Å². The van der Waals surface area contributed by atoms with E-state index in [1.165, 1.54) is 5.56 Å². The summed E-state index contributed by atoms with van der Waals surface area (Å²) in [4.78, 5) is 2.31. The summed E-state index contributed by atoms with van der Waals surface area (Å²) >= 11 is 6.15. The first-order chi connectivity index (χ1) is 7.95. The number of aryl methyl sites for hydroxylation is 1. The summed E-state index contributed by atoms with van der Waals surface area (Å²) in [5, 5.41) is 0.813. The molecule has 0 heterocycles. The van der Waals surface area contributed by atoms with Gasteiger partial charge in [0.1, 0.15) is 5.75 Å². The van der Waals surface area contributed by atoms with Gasteiger partial charge in [0.25, 0.3) is 0 Å². The minimum absolute atomic E-state index is 0.557. The van der Waals surface area contributed by atoms with E-state index in [9.17, 15) is 0 Å². The molecule has 0 atom stereocenters. The van der Waals surface area contributed by atoms with Crippen LogP contribution in [-0.4, -0.2) is 31.6 Å². The molecule has 0 N–H and O–H groups in total. The molecule has 0 fully saturated rings. The van der Waals surface area contributed by atoms with Crippen LogP contribution in [0.4, 0.5) is 0 Å². The van der Waals surface area contributed by atoms with Crippen molar-refractivity contribution < 1.29 is 4.74 Å². The first kappa shape index (κ1) is 14.3. The Morgan fingerprint density at radius 1 is 1.35 bits per heavy atom. The van der Waals surface area contributed by atoms with E-state index in [0.717, 1.165) is 29.3 Å². The molecule has 0 aliphatic heterocycles. The molecule has 1 aromatic carbocycles. The smallest absolute Gasteiger partial charge is 0.122 e. The van der Waals surface area contributed by atoms with Crippen molar-refractivity contribution in [2.24, 2.45) is 0 Å². The second kappa shape index (κ2) is 6.27. The fraction of sp³-hybridized carbons (Fsp3) is 0.571. The summed E-state index contributed by atoms with van der Waals surface area (Å²) in [7, 11) is 3.84. The second-order valence-corrected chi connectivity index (χ2v) is 5.14. The summed E-state index contributed by atoms with van der Waals surface area (Å²) in [6, 6.07) is 4.58. The van der Waals surface area contributed by atoms with Crippen LogP contribution in [0.2, 0.25) is 5.02 Å². The highest BCUT2D eigenvalue weighted by molar-refractivity contribution is 6.31. The van der Waals surface area contributed by atoms with Gasteiger partial charge in [-0.2, -0.15) is 0 Å². The lowest BCUT2D eigenvalue weighted by Crippen LogP contribution is -2.28. The van der Waals surface area contributed by atoms with Crippen LogP contribution in [0, 0.1) is 6.92 Å². The summed E-state index contributed by atoms with van der Waals surface area (Å²) in [5.74, 6) is 0.934. The van der Waals surface area contributed by atoms with Gasteiger partial charge in [-0.1, -0.05) is 11.6 Å². The van der Waals surface area contributed by atoms with Gasteiger partial charge in [-0.15, -0.1) is 0 Å². The van der Waals surface area contributed by atoms with Crippen LogP contribution in [0.25, 0.3) is 0 Å². The third kappa shape index (κ3) is 3.90. The van der Waals surface area contributed by atoms with E-state index in [-0.39, 0.29) is 0 Å². The Bertz CT molecular complexity index is 377. The van der Waals surface area contributed by atoms with E-state index in [0.29, 0.717) is 6.04 Å². The first-order valence-corrected chi connectivity index (χ1v) is 6.36. The Hall–Kier alpha value is -0.730. The SMILES string of the molecule is COc1cc(C)c(Cl)cc1CCN(C)C(C)C. The van der Waals surface area contributed by atoms with Crippen LogP contribution in [0.3, 0.4) is 0 Å². The molecule has 0 unspecified atom stereocenters. The summed E-state index contributed by atoms with van der Waals surface area (Å²) in [6.07, 6.45) is 0.956. The maximum atomic E-state index is 6.15. The lowest BCUT2D eigenvalue weighted by Gasteiger charge is -2.21. The van der Waals surface area contributed by atoms with E-state index in [2.05, 4.69) is 25.8 Å². The van der Waals surface area contributed by atoms with E-state index in [4.69, 9.17) is 16.3 Å². The normalized spacial score (nSPS) is 11.3. The Balaban J connectivity index is 2.79. The lowest BCUT2D eigenvalue weighted by atomic mass is 10.1. The minimum Gasteiger partial charge on any atom is -0.496 e. The monoisotopic (exact) mass is 255 g/mol. The van der Waals surface area contributed by atoms with Crippen LogP contribution in [-0.2, 0) is 6.42 Å². The van der Waals surface area contributed by atoms with Crippen molar-refractivity contribution in [1.82, 2.24) is 4.90 Å². The molecule has 1 rings (SSSR count). The van der Waals surface area contributed by atoms with E-state index >= 15 is 0 Å². The fourth-order valence-electron chi connectivity index (χ4n) is 1.64. The van der Waals surface area contributed by atoms with Crippen molar-refractivity contribution in [2.45, 2.75) is 33.2 Å². The van der Waals surface area contributed by atoms with Gasteiger partial charge in [0.15, 0.2) is 0 Å². The number of rotatable bonds is 5. The maximum Gasteiger partial charge on any atom is 0.122 e. The van der Waals surface area contributed by atoms with Gasteiger partial charge in [0.05, 0.1) is 7.11 Å². The molecule has 0 aliphatic carbocycles. The predicted octanol–water partition coefficient (Wildman–Crippen LogP) is 3.54. The molecule has 0 aliphatic rings. The Morgan fingerprint density at radius 3 is 2.53 bits per heavy atom. The van der Waals surface area contributed by atoms with Gasteiger partial charge in [0.2, 0.25) is 0 Å². The van der Waals surface area contributed by atoms with Crippen molar-refractivity contribution in [3.63, 3.8) is 0 Å². The largest absolute Gasteiger partial charge is 0.496 e. The Labute approximate surface area is 110 Å². The number of ether oxygens (including phenoxy) is 1. The van der Waals surface area contributed by atoms with Crippen LogP contribution in [0.15, 0.2) is 12.1 Å². The molecule has 3 heteroatoms. The van der Waals surface area contributed by atoms with Gasteiger partial charge >= 0.3 is 0 Å². The molecule has 1 aromatic rings. The summed E-state index contributed by atoms with van der Waals surface area (Å²) in [5.41, 5.74) is 2.24. The molecule has 96 valence electrons. The Kier molecular flexibility index (Phi) is 5.29. The van der Waals surface area contributed by atoms with Gasteiger partial charge in [-0.05, 0) is 57.5 Å². The molecule has 2 nitrogen and oxygen atoms in total. The molecule has 0 saturated carbocycles. The van der Waals surface area contributed by atoms with Gasteiger partial charge in [-0.25, -0.2) is 0 Å². The molecular weight excluding hydrogens is 234 g/mol. The van der Waals surface area contributed by atoms with Crippen LogP contribution < -0.4 is 4.74 Å². The molecule has 0 spiro atoms. The molecule has 0 amide bonds. The maximum absolute atomic E-state index is 6.15. The van der Waals surface area contributed by atoms with Crippen LogP contribution in [0.5, 0.6) is 5.75 Å². The predicted molar refractivity (Wildman–Crippen MR) is 74.2 cm³/mol. The van der Waals surface area contributed by atoms with Gasteiger partial charge in [0, 0.05) is 17.6 Å². The third-order valence-electron chi connectivity index (χ3n) is 3.18. The molecule has 0 aromatic heterocycles. The van der Waals surface area contributed by atoms with Crippen molar-refractivity contribution in [1.29, 1.82) is 0 Å². The number of likely N-dealkylation sites (N-methyl/N-ethyl adjacent to an activating group) is 1. The Morgan fingerprint density at radius 2 is 2.00 bits per heavy atom. The number of hydrogen-bond acceptors (Lipinski definition) is 2. The zero-order valence-corrected chi connectivity index (χ0v) is 12.1. The standard InChI is InChI=1S/C14H22ClNO/c1-10(2)16(4)7-6-12-9-13(15)11(3)8-14(12)17-5/h8-10H,6-7H2,1-5H3. The second-order valence-electron chi connectivity index (χ2n) is 4.74. The number of hydrogen-bond donors (Lipinski definition) is 0. The highest BCUT2D eigenvalue weighted by atomic mass is 35.5. The number of methoxy groups -OCH3 is 1. The highest BCUT2D eigenvalue weighted by Gasteiger charge is 2.09. The van der Waals surface area contributed by atoms with Crippen molar-refractivity contribution in [3.8, 4) is 5.75 Å². The average molecular weight is 256 g/mol. The number of nitrogens with zero attached hydrogens (tertiary/aromatic N) is 1. The quantitative estimate of drug-likeness (QED) is 0.798. The highest BCUT2D eigenvalue weighted by Crippen LogP contribution is 2.27. The van der Waals surface area contributed by atoms with E-state index < -0.39 is 0 Å². The van der Waals surface area contributed by atoms with Crippen molar-refractivity contribution in [2.75, 3.05) is 20.7 Å². The summed E-state index contributed by atoms with van der Waals surface area (Å²) in [6.45, 7) is 7.39. The minimum atomic E-state index is 0.557. The fourth-order valence-corrected chi connectivity index (χ4v) is 1.82. The average Bonchev–Trinajstić information content (AvgIpc) is 2.29. The van der Waals surface area contributed by atoms with Crippen molar-refractivity contribution in [3.05, 3.63) is 28.3 Å².